The lowest BCUT2D eigenvalue weighted by atomic mass is 10.2. The van der Waals surface area contributed by atoms with E-state index < -0.39 is 0 Å². The third-order valence-electron chi connectivity index (χ3n) is 1.87. The first kappa shape index (κ1) is 11.5. The predicted octanol–water partition coefficient (Wildman–Crippen LogP) is 0.0552. The van der Waals surface area contributed by atoms with Crippen LogP contribution in [-0.2, 0) is 11.3 Å². The Morgan fingerprint density at radius 1 is 1.67 bits per heavy atom. The number of nitrogens with one attached hydrogen (secondary N) is 1. The van der Waals surface area contributed by atoms with Crippen LogP contribution in [-0.4, -0.2) is 24.5 Å². The van der Waals surface area contributed by atoms with Gasteiger partial charge in [-0.25, -0.2) is 4.98 Å². The molecule has 0 unspecified atom stereocenters. The van der Waals surface area contributed by atoms with Crippen molar-refractivity contribution < 1.29 is 9.53 Å². The van der Waals surface area contributed by atoms with Gasteiger partial charge in [0.05, 0.1) is 7.11 Å². The first-order valence-electron chi connectivity index (χ1n) is 4.72. The molecule has 0 atom stereocenters. The molecule has 0 bridgehead atoms. The molecule has 1 heterocycles. The van der Waals surface area contributed by atoms with Gasteiger partial charge >= 0.3 is 0 Å². The van der Waals surface area contributed by atoms with E-state index in [-0.39, 0.29) is 5.91 Å². The zero-order chi connectivity index (χ0) is 11.1. The topological polar surface area (TPSA) is 77.2 Å². The average Bonchev–Trinajstić information content (AvgIpc) is 2.27. The highest BCUT2D eigenvalue weighted by Gasteiger charge is 2.00. The van der Waals surface area contributed by atoms with Crippen LogP contribution in [0.15, 0.2) is 18.3 Å². The molecule has 1 aromatic rings. The van der Waals surface area contributed by atoms with E-state index in [4.69, 9.17) is 10.5 Å². The van der Waals surface area contributed by atoms with Crippen molar-refractivity contribution in [3.05, 3.63) is 23.9 Å². The van der Waals surface area contributed by atoms with Gasteiger partial charge in [0.25, 0.3) is 0 Å². The number of carbonyl (C=O) groups is 1. The number of amides is 1. The molecule has 0 spiro atoms. The fourth-order valence-corrected chi connectivity index (χ4v) is 1.09. The first-order valence-corrected chi connectivity index (χ1v) is 4.72. The van der Waals surface area contributed by atoms with Crippen LogP contribution in [0.2, 0.25) is 0 Å². The zero-order valence-electron chi connectivity index (χ0n) is 8.69. The van der Waals surface area contributed by atoms with Gasteiger partial charge < -0.3 is 15.8 Å². The molecule has 0 fully saturated rings. The van der Waals surface area contributed by atoms with E-state index in [2.05, 4.69) is 10.3 Å². The van der Waals surface area contributed by atoms with Crippen LogP contribution >= 0.6 is 0 Å². The smallest absolute Gasteiger partial charge is 0.221 e. The second kappa shape index (κ2) is 5.98. The maximum Gasteiger partial charge on any atom is 0.221 e. The van der Waals surface area contributed by atoms with Crippen molar-refractivity contribution in [3.63, 3.8) is 0 Å². The van der Waals surface area contributed by atoms with Crippen LogP contribution in [0.4, 0.5) is 0 Å². The van der Waals surface area contributed by atoms with E-state index in [1.165, 1.54) is 0 Å². The van der Waals surface area contributed by atoms with E-state index in [9.17, 15) is 4.79 Å². The van der Waals surface area contributed by atoms with Crippen molar-refractivity contribution in [3.8, 4) is 5.88 Å². The third-order valence-corrected chi connectivity index (χ3v) is 1.87. The maximum atomic E-state index is 11.1. The molecular weight excluding hydrogens is 194 g/mol. The van der Waals surface area contributed by atoms with Crippen LogP contribution in [0, 0.1) is 0 Å². The summed E-state index contributed by atoms with van der Waals surface area (Å²) in [4.78, 5) is 15.1. The van der Waals surface area contributed by atoms with E-state index in [0.717, 1.165) is 5.56 Å². The number of nitrogens with two attached hydrogens (primary N) is 1. The number of nitrogens with zero attached hydrogens (tertiary/aromatic N) is 1. The molecule has 0 saturated heterocycles. The summed E-state index contributed by atoms with van der Waals surface area (Å²) in [5.41, 5.74) is 6.20. The summed E-state index contributed by atoms with van der Waals surface area (Å²) in [7, 11) is 1.55. The average molecular weight is 209 g/mol. The molecule has 0 radical (unpaired) electrons. The minimum absolute atomic E-state index is 0.0479. The van der Waals surface area contributed by atoms with Crippen molar-refractivity contribution in [2.24, 2.45) is 5.73 Å². The first-order chi connectivity index (χ1) is 7.26. The summed E-state index contributed by atoms with van der Waals surface area (Å²) in [6.45, 7) is 0.837. The quantitative estimate of drug-likeness (QED) is 0.718. The highest BCUT2D eigenvalue weighted by Crippen LogP contribution is 2.07. The summed E-state index contributed by atoms with van der Waals surface area (Å²) in [6.07, 6.45) is 1.99. The molecule has 1 rings (SSSR count). The zero-order valence-corrected chi connectivity index (χ0v) is 8.69. The second-order valence-corrected chi connectivity index (χ2v) is 3.02. The lowest BCUT2D eigenvalue weighted by molar-refractivity contribution is -0.121. The lowest BCUT2D eigenvalue weighted by Gasteiger charge is -2.05. The minimum atomic E-state index is -0.0479. The van der Waals surface area contributed by atoms with Gasteiger partial charge in [0.2, 0.25) is 11.8 Å². The van der Waals surface area contributed by atoms with Gasteiger partial charge in [-0.2, -0.15) is 0 Å². The Hall–Kier alpha value is -1.62. The van der Waals surface area contributed by atoms with Crippen LogP contribution in [0.25, 0.3) is 0 Å². The Balaban J connectivity index is 2.46. The van der Waals surface area contributed by atoms with Gasteiger partial charge in [0, 0.05) is 31.8 Å². The summed E-state index contributed by atoms with van der Waals surface area (Å²) in [6, 6.07) is 3.61. The molecule has 1 aromatic heterocycles. The molecule has 5 heteroatoms. The number of carbonyl (C=O) groups excluding carboxylic acids is 1. The van der Waals surface area contributed by atoms with Gasteiger partial charge in [0.15, 0.2) is 0 Å². The fourth-order valence-electron chi connectivity index (χ4n) is 1.09. The van der Waals surface area contributed by atoms with Crippen LogP contribution < -0.4 is 15.8 Å². The molecule has 0 aliphatic heterocycles. The number of ether oxygens (including phenoxy) is 1. The largest absolute Gasteiger partial charge is 0.481 e. The lowest BCUT2D eigenvalue weighted by Crippen LogP contribution is -2.24. The molecule has 0 aromatic carbocycles. The molecule has 82 valence electrons. The van der Waals surface area contributed by atoms with Crippen molar-refractivity contribution >= 4 is 5.91 Å². The van der Waals surface area contributed by atoms with Crippen LogP contribution in [0.1, 0.15) is 12.0 Å². The number of rotatable bonds is 5. The summed E-state index contributed by atoms with van der Waals surface area (Å²) in [5, 5.41) is 2.75. The summed E-state index contributed by atoms with van der Waals surface area (Å²) >= 11 is 0. The minimum Gasteiger partial charge on any atom is -0.481 e. The van der Waals surface area contributed by atoms with E-state index in [0.29, 0.717) is 25.4 Å². The Morgan fingerprint density at radius 3 is 3.13 bits per heavy atom. The third kappa shape index (κ3) is 3.95. The Labute approximate surface area is 88.6 Å². The van der Waals surface area contributed by atoms with Crippen molar-refractivity contribution in [1.29, 1.82) is 0 Å². The van der Waals surface area contributed by atoms with Gasteiger partial charge in [-0.05, 0) is 11.6 Å². The van der Waals surface area contributed by atoms with Crippen molar-refractivity contribution in [1.82, 2.24) is 10.3 Å². The molecule has 3 N–H and O–H groups in total. The molecule has 1 amide bonds. The van der Waals surface area contributed by atoms with Crippen LogP contribution in [0.5, 0.6) is 5.88 Å². The molecular formula is C10H15N3O2. The Morgan fingerprint density at radius 2 is 2.47 bits per heavy atom. The van der Waals surface area contributed by atoms with Crippen LogP contribution in [0.3, 0.4) is 0 Å². The number of hydrogen-bond acceptors (Lipinski definition) is 4. The van der Waals surface area contributed by atoms with E-state index in [1.807, 2.05) is 6.07 Å². The molecule has 5 nitrogen and oxygen atoms in total. The van der Waals surface area contributed by atoms with Crippen molar-refractivity contribution in [2.75, 3.05) is 13.7 Å². The molecule has 0 saturated carbocycles. The second-order valence-electron chi connectivity index (χ2n) is 3.02. The summed E-state index contributed by atoms with van der Waals surface area (Å²) in [5.74, 6) is 0.494. The Bertz CT molecular complexity index is 328. The molecule has 0 aliphatic rings. The van der Waals surface area contributed by atoms with Crippen molar-refractivity contribution in [2.45, 2.75) is 13.0 Å². The normalized spacial score (nSPS) is 9.73. The number of methoxy groups -OCH3 is 1. The maximum absolute atomic E-state index is 11.1. The predicted molar refractivity (Wildman–Crippen MR) is 56.3 cm³/mol. The monoisotopic (exact) mass is 209 g/mol. The standard InChI is InChI=1S/C10H15N3O2/c1-15-10-6-8(3-5-12-10)7-13-9(14)2-4-11/h3,5-6H,2,4,7,11H2,1H3,(H,13,14). The van der Waals surface area contributed by atoms with Gasteiger partial charge in [-0.15, -0.1) is 0 Å². The number of pyridine rings is 1. The SMILES string of the molecule is COc1cc(CNC(=O)CCN)ccn1. The van der Waals surface area contributed by atoms with Gasteiger partial charge in [-0.1, -0.05) is 0 Å². The fraction of sp³-hybridized carbons (Fsp3) is 0.400. The van der Waals surface area contributed by atoms with E-state index >= 15 is 0 Å². The van der Waals surface area contributed by atoms with Gasteiger partial charge in [0.1, 0.15) is 0 Å². The summed E-state index contributed by atoms with van der Waals surface area (Å²) < 4.78 is 4.97. The highest BCUT2D eigenvalue weighted by atomic mass is 16.5. The number of aromatic nitrogens is 1. The molecule has 0 aliphatic carbocycles. The Kier molecular flexibility index (Phi) is 4.56. The van der Waals surface area contributed by atoms with E-state index in [1.54, 1.807) is 19.4 Å². The number of hydrogen-bond donors (Lipinski definition) is 2. The van der Waals surface area contributed by atoms with Gasteiger partial charge in [-0.3, -0.25) is 4.79 Å². The molecule has 15 heavy (non-hydrogen) atoms. The highest BCUT2D eigenvalue weighted by molar-refractivity contribution is 5.76.